The Kier molecular flexibility index (Phi) is 1.50. The van der Waals surface area contributed by atoms with Gasteiger partial charge in [-0.25, -0.2) is 4.39 Å². The number of ketones is 1. The van der Waals surface area contributed by atoms with Crippen LogP contribution in [0.25, 0.3) is 0 Å². The van der Waals surface area contributed by atoms with Crippen LogP contribution in [0.2, 0.25) is 0 Å². The molecule has 1 heterocycles. The number of rotatable bonds is 0. The second-order valence-corrected chi connectivity index (χ2v) is 2.67. The maximum atomic E-state index is 12.7. The van der Waals surface area contributed by atoms with Crippen LogP contribution in [0.15, 0.2) is 23.2 Å². The largest absolute Gasteiger partial charge is 0.293 e. The van der Waals surface area contributed by atoms with Gasteiger partial charge in [0.05, 0.1) is 11.9 Å². The number of benzene rings is 1. The van der Waals surface area contributed by atoms with Gasteiger partial charge in [-0.2, -0.15) is 0 Å². The highest BCUT2D eigenvalue weighted by Crippen LogP contribution is 2.22. The lowest BCUT2D eigenvalue weighted by Crippen LogP contribution is -2.08. The van der Waals surface area contributed by atoms with Crippen molar-refractivity contribution in [1.29, 1.82) is 0 Å². The van der Waals surface area contributed by atoms with E-state index in [2.05, 4.69) is 4.99 Å². The van der Waals surface area contributed by atoms with Gasteiger partial charge in [0.2, 0.25) is 0 Å². The van der Waals surface area contributed by atoms with Crippen molar-refractivity contribution >= 4 is 17.7 Å². The van der Waals surface area contributed by atoms with Crippen molar-refractivity contribution in [2.75, 3.05) is 0 Å². The van der Waals surface area contributed by atoms with E-state index in [0.717, 1.165) is 0 Å². The van der Waals surface area contributed by atoms with Crippen molar-refractivity contribution < 1.29 is 9.18 Å². The van der Waals surface area contributed by atoms with Crippen LogP contribution in [0.4, 0.5) is 10.1 Å². The number of nitrogens with zero attached hydrogens (tertiary/aromatic N) is 1. The molecule has 0 bridgehead atoms. The molecule has 3 heteroatoms. The predicted octanol–water partition coefficient (Wildman–Crippen LogP) is 1.65. The van der Waals surface area contributed by atoms with Gasteiger partial charge in [-0.05, 0) is 23.8 Å². The quantitative estimate of drug-likeness (QED) is 0.571. The minimum absolute atomic E-state index is 0.0758. The molecule has 0 unspecified atom stereocenters. The molecule has 0 radical (unpaired) electrons. The molecule has 0 saturated carbocycles. The Morgan fingerprint density at radius 1 is 1.42 bits per heavy atom. The van der Waals surface area contributed by atoms with Crippen molar-refractivity contribution in [3.05, 3.63) is 29.6 Å². The lowest BCUT2D eigenvalue weighted by molar-refractivity contribution is -0.112. The van der Waals surface area contributed by atoms with Gasteiger partial charge in [0.15, 0.2) is 5.78 Å². The standard InChI is InChI=1S/C9H6FNO/c10-7-1-2-9-6(3-7)4-8(12)5-11-9/h1-3,5H,4H2. The second-order valence-electron chi connectivity index (χ2n) is 2.67. The minimum Gasteiger partial charge on any atom is -0.293 e. The SMILES string of the molecule is O=C1C=Nc2ccc(F)cc2C1. The number of aliphatic imine (C=N–C) groups is 1. The fourth-order valence-electron chi connectivity index (χ4n) is 1.20. The van der Waals surface area contributed by atoms with E-state index in [1.54, 1.807) is 6.07 Å². The zero-order chi connectivity index (χ0) is 8.55. The predicted molar refractivity (Wildman–Crippen MR) is 43.3 cm³/mol. The second kappa shape index (κ2) is 2.52. The Morgan fingerprint density at radius 2 is 2.25 bits per heavy atom. The molecular formula is C9H6FNO. The Labute approximate surface area is 68.7 Å². The van der Waals surface area contributed by atoms with Gasteiger partial charge < -0.3 is 0 Å². The molecule has 1 aliphatic rings. The van der Waals surface area contributed by atoms with Gasteiger partial charge in [-0.3, -0.25) is 9.79 Å². The highest BCUT2D eigenvalue weighted by atomic mass is 19.1. The minimum atomic E-state index is -0.321. The highest BCUT2D eigenvalue weighted by Gasteiger charge is 2.11. The lowest BCUT2D eigenvalue weighted by atomic mass is 10.0. The molecule has 1 aromatic carbocycles. The summed E-state index contributed by atoms with van der Waals surface area (Å²) in [4.78, 5) is 14.7. The first-order valence-corrected chi connectivity index (χ1v) is 3.61. The topological polar surface area (TPSA) is 29.4 Å². The molecule has 12 heavy (non-hydrogen) atoms. The number of carbonyl (C=O) groups excluding carboxylic acids is 1. The van der Waals surface area contributed by atoms with Crippen LogP contribution in [0.3, 0.4) is 0 Å². The normalized spacial score (nSPS) is 14.6. The van der Waals surface area contributed by atoms with Crippen LogP contribution in [0.1, 0.15) is 5.56 Å². The molecule has 0 aliphatic carbocycles. The van der Waals surface area contributed by atoms with E-state index in [9.17, 15) is 9.18 Å². The zero-order valence-corrected chi connectivity index (χ0v) is 6.25. The van der Waals surface area contributed by atoms with Crippen LogP contribution in [-0.4, -0.2) is 12.0 Å². The fraction of sp³-hybridized carbons (Fsp3) is 0.111. The third-order valence-corrected chi connectivity index (χ3v) is 1.75. The molecule has 0 N–H and O–H groups in total. The molecule has 0 atom stereocenters. The first-order valence-electron chi connectivity index (χ1n) is 3.61. The van der Waals surface area contributed by atoms with Gasteiger partial charge in [0.1, 0.15) is 5.82 Å². The third-order valence-electron chi connectivity index (χ3n) is 1.75. The van der Waals surface area contributed by atoms with Crippen molar-refractivity contribution in [3.63, 3.8) is 0 Å². The summed E-state index contributed by atoms with van der Waals surface area (Å²) in [5.74, 6) is -0.397. The van der Waals surface area contributed by atoms with Crippen LogP contribution in [-0.2, 0) is 11.2 Å². The molecule has 0 fully saturated rings. The zero-order valence-electron chi connectivity index (χ0n) is 6.25. The third kappa shape index (κ3) is 1.13. The molecule has 1 aliphatic heterocycles. The molecular weight excluding hydrogens is 157 g/mol. The summed E-state index contributed by atoms with van der Waals surface area (Å²) in [5.41, 5.74) is 1.36. The smallest absolute Gasteiger partial charge is 0.178 e. The maximum Gasteiger partial charge on any atom is 0.178 e. The molecule has 2 rings (SSSR count). The summed E-state index contributed by atoms with van der Waals surface area (Å²) in [6.45, 7) is 0. The average molecular weight is 163 g/mol. The number of halogens is 1. The van der Waals surface area contributed by atoms with Gasteiger partial charge in [0, 0.05) is 6.42 Å². The van der Waals surface area contributed by atoms with Crippen molar-refractivity contribution in [3.8, 4) is 0 Å². The number of carbonyl (C=O) groups is 1. The van der Waals surface area contributed by atoms with E-state index < -0.39 is 0 Å². The molecule has 0 amide bonds. The van der Waals surface area contributed by atoms with Crippen molar-refractivity contribution in [1.82, 2.24) is 0 Å². The summed E-state index contributed by atoms with van der Waals surface area (Å²) in [6, 6.07) is 4.27. The summed E-state index contributed by atoms with van der Waals surface area (Å²) in [6.07, 6.45) is 1.54. The van der Waals surface area contributed by atoms with E-state index in [4.69, 9.17) is 0 Å². The van der Waals surface area contributed by atoms with E-state index in [-0.39, 0.29) is 18.0 Å². The van der Waals surface area contributed by atoms with E-state index >= 15 is 0 Å². The number of fused-ring (bicyclic) bond motifs is 1. The summed E-state index contributed by atoms with van der Waals surface area (Å²) in [5, 5.41) is 0. The first-order chi connectivity index (χ1) is 5.75. The average Bonchev–Trinajstić information content (AvgIpc) is 2.03. The Hall–Kier alpha value is -1.51. The molecule has 1 aromatic rings. The van der Waals surface area contributed by atoms with Crippen LogP contribution in [0, 0.1) is 5.82 Å². The fourth-order valence-corrected chi connectivity index (χ4v) is 1.20. The monoisotopic (exact) mass is 163 g/mol. The van der Waals surface area contributed by atoms with Crippen LogP contribution >= 0.6 is 0 Å². The molecule has 2 nitrogen and oxygen atoms in total. The number of hydrogen-bond acceptors (Lipinski definition) is 2. The molecule has 0 aromatic heterocycles. The summed E-state index contributed by atoms with van der Waals surface area (Å²) >= 11 is 0. The number of hydrogen-bond donors (Lipinski definition) is 0. The van der Waals surface area contributed by atoms with Crippen LogP contribution < -0.4 is 0 Å². The van der Waals surface area contributed by atoms with Crippen LogP contribution in [0.5, 0.6) is 0 Å². The van der Waals surface area contributed by atoms with E-state index in [1.807, 2.05) is 0 Å². The first kappa shape index (κ1) is 7.16. The highest BCUT2D eigenvalue weighted by molar-refractivity contribution is 6.29. The lowest BCUT2D eigenvalue weighted by Gasteiger charge is -2.07. The van der Waals surface area contributed by atoms with Gasteiger partial charge >= 0.3 is 0 Å². The van der Waals surface area contributed by atoms with Gasteiger partial charge in [-0.1, -0.05) is 0 Å². The van der Waals surface area contributed by atoms with Gasteiger partial charge in [-0.15, -0.1) is 0 Å². The van der Waals surface area contributed by atoms with E-state index in [1.165, 1.54) is 18.3 Å². The molecule has 0 saturated heterocycles. The van der Waals surface area contributed by atoms with Gasteiger partial charge in [0.25, 0.3) is 0 Å². The summed E-state index contributed by atoms with van der Waals surface area (Å²) in [7, 11) is 0. The molecule has 0 spiro atoms. The molecule has 60 valence electrons. The maximum absolute atomic E-state index is 12.7. The Morgan fingerprint density at radius 3 is 3.08 bits per heavy atom. The number of Topliss-reactive ketones (excluding diaryl/α,β-unsaturated/α-hetero) is 1. The van der Waals surface area contributed by atoms with Crippen molar-refractivity contribution in [2.24, 2.45) is 4.99 Å². The Bertz CT molecular complexity index is 371. The summed E-state index contributed by atoms with van der Waals surface area (Å²) < 4.78 is 12.7. The van der Waals surface area contributed by atoms with E-state index in [0.29, 0.717) is 11.3 Å². The van der Waals surface area contributed by atoms with Crippen molar-refractivity contribution in [2.45, 2.75) is 6.42 Å². The Balaban J connectivity index is 2.54.